The molecular weight excluding hydrogens is 382 g/mol. The number of allylic oxidation sites excluding steroid dienone is 2. The fourth-order valence-electron chi connectivity index (χ4n) is 5.03. The van der Waals surface area contributed by atoms with Crippen LogP contribution in [0.4, 0.5) is 8.78 Å². The summed E-state index contributed by atoms with van der Waals surface area (Å²) in [5.74, 6) is -0.169. The van der Waals surface area contributed by atoms with Crippen molar-refractivity contribution in [2.45, 2.75) is 90.1 Å². The standard InChI is InChI=1S/C26H38F2O2/c1-3-5-7-8-19-9-15-23(30-18-19)21-12-10-20(11-13-21)22-14-16-24(26(28)25(22)27)29-17-6-4-2/h3,5,14,16,19-21,23H,4,6-13,15,17-18H2,1-2H3. The zero-order chi connectivity index (χ0) is 21.3. The number of halogens is 2. The summed E-state index contributed by atoms with van der Waals surface area (Å²) in [6, 6.07) is 3.34. The Balaban J connectivity index is 1.48. The molecular formula is C26H38F2O2. The van der Waals surface area contributed by atoms with Crippen LogP contribution in [0.25, 0.3) is 0 Å². The second kappa shape index (κ2) is 11.8. The van der Waals surface area contributed by atoms with Gasteiger partial charge in [0.2, 0.25) is 5.82 Å². The molecule has 2 fully saturated rings. The van der Waals surface area contributed by atoms with Crippen LogP contribution in [0.15, 0.2) is 24.3 Å². The van der Waals surface area contributed by atoms with Crippen LogP contribution in [0.1, 0.15) is 89.5 Å². The van der Waals surface area contributed by atoms with Crippen molar-refractivity contribution in [2.75, 3.05) is 13.2 Å². The fourth-order valence-corrected chi connectivity index (χ4v) is 5.03. The first-order chi connectivity index (χ1) is 14.6. The lowest BCUT2D eigenvalue weighted by Gasteiger charge is -2.38. The summed E-state index contributed by atoms with van der Waals surface area (Å²) in [6.45, 7) is 5.41. The van der Waals surface area contributed by atoms with E-state index in [-0.39, 0.29) is 11.7 Å². The quantitative estimate of drug-likeness (QED) is 0.303. The van der Waals surface area contributed by atoms with Crippen LogP contribution < -0.4 is 4.74 Å². The zero-order valence-corrected chi connectivity index (χ0v) is 18.7. The molecule has 30 heavy (non-hydrogen) atoms. The van der Waals surface area contributed by atoms with E-state index in [0.717, 1.165) is 58.0 Å². The third kappa shape index (κ3) is 6.06. The number of unbranched alkanes of at least 4 members (excludes halogenated alkanes) is 1. The molecule has 168 valence electrons. The molecule has 3 rings (SSSR count). The molecule has 1 aromatic carbocycles. The molecule has 2 nitrogen and oxygen atoms in total. The summed E-state index contributed by atoms with van der Waals surface area (Å²) in [5, 5.41) is 0. The minimum atomic E-state index is -0.828. The van der Waals surface area contributed by atoms with E-state index < -0.39 is 11.6 Å². The van der Waals surface area contributed by atoms with Crippen LogP contribution in [0.5, 0.6) is 5.75 Å². The molecule has 1 aliphatic heterocycles. The van der Waals surface area contributed by atoms with Gasteiger partial charge in [-0.05, 0) is 94.1 Å². The van der Waals surface area contributed by atoms with Gasteiger partial charge in [0.1, 0.15) is 0 Å². The molecule has 1 saturated heterocycles. The Morgan fingerprint density at radius 1 is 1.07 bits per heavy atom. The van der Waals surface area contributed by atoms with E-state index in [1.807, 2.05) is 6.92 Å². The highest BCUT2D eigenvalue weighted by molar-refractivity contribution is 5.33. The van der Waals surface area contributed by atoms with Crippen molar-refractivity contribution in [1.82, 2.24) is 0 Å². The molecule has 0 amide bonds. The average Bonchev–Trinajstić information content (AvgIpc) is 2.78. The van der Waals surface area contributed by atoms with Crippen LogP contribution in [0.3, 0.4) is 0 Å². The molecule has 0 bridgehead atoms. The Hall–Kier alpha value is -1.42. The van der Waals surface area contributed by atoms with Gasteiger partial charge in [0.25, 0.3) is 0 Å². The molecule has 2 atom stereocenters. The van der Waals surface area contributed by atoms with E-state index in [1.54, 1.807) is 12.1 Å². The maximum absolute atomic E-state index is 14.7. The van der Waals surface area contributed by atoms with Crippen molar-refractivity contribution in [1.29, 1.82) is 0 Å². The second-order valence-electron chi connectivity index (χ2n) is 9.06. The van der Waals surface area contributed by atoms with Crippen molar-refractivity contribution in [2.24, 2.45) is 11.8 Å². The number of ether oxygens (including phenoxy) is 2. The van der Waals surface area contributed by atoms with Gasteiger partial charge in [-0.2, -0.15) is 4.39 Å². The Morgan fingerprint density at radius 2 is 1.87 bits per heavy atom. The fraction of sp³-hybridized carbons (Fsp3) is 0.692. The first kappa shape index (κ1) is 23.2. The molecule has 1 aliphatic carbocycles. The summed E-state index contributed by atoms with van der Waals surface area (Å²) >= 11 is 0. The van der Waals surface area contributed by atoms with E-state index in [2.05, 4.69) is 19.1 Å². The lowest BCUT2D eigenvalue weighted by atomic mass is 9.75. The van der Waals surface area contributed by atoms with E-state index in [9.17, 15) is 8.78 Å². The Kier molecular flexibility index (Phi) is 9.17. The molecule has 0 aromatic heterocycles. The minimum Gasteiger partial charge on any atom is -0.490 e. The highest BCUT2D eigenvalue weighted by atomic mass is 19.2. The van der Waals surface area contributed by atoms with Gasteiger partial charge in [-0.25, -0.2) is 4.39 Å². The first-order valence-corrected chi connectivity index (χ1v) is 12.0. The zero-order valence-electron chi connectivity index (χ0n) is 18.7. The van der Waals surface area contributed by atoms with E-state index in [1.165, 1.54) is 12.8 Å². The van der Waals surface area contributed by atoms with Gasteiger partial charge in [-0.1, -0.05) is 31.6 Å². The molecule has 0 radical (unpaired) electrons. The minimum absolute atomic E-state index is 0.0398. The number of rotatable bonds is 9. The van der Waals surface area contributed by atoms with E-state index >= 15 is 0 Å². The molecule has 2 aliphatic rings. The van der Waals surface area contributed by atoms with Crippen LogP contribution in [-0.2, 0) is 4.74 Å². The summed E-state index contributed by atoms with van der Waals surface area (Å²) in [4.78, 5) is 0. The highest BCUT2D eigenvalue weighted by Gasteiger charge is 2.33. The number of hydrogen-bond donors (Lipinski definition) is 0. The van der Waals surface area contributed by atoms with Crippen molar-refractivity contribution in [3.8, 4) is 5.75 Å². The van der Waals surface area contributed by atoms with Crippen molar-refractivity contribution in [3.05, 3.63) is 41.5 Å². The molecule has 1 aromatic rings. The molecule has 4 heteroatoms. The van der Waals surface area contributed by atoms with Crippen molar-refractivity contribution >= 4 is 0 Å². The SMILES string of the molecule is CC=CCCC1CCC(C2CCC(c3ccc(OCCCC)c(F)c3F)CC2)OC1. The molecule has 0 N–H and O–H groups in total. The van der Waals surface area contributed by atoms with E-state index in [4.69, 9.17) is 9.47 Å². The van der Waals surface area contributed by atoms with Gasteiger partial charge in [-0.15, -0.1) is 0 Å². The Labute approximate surface area is 181 Å². The molecule has 1 saturated carbocycles. The van der Waals surface area contributed by atoms with E-state index in [0.29, 0.717) is 30.1 Å². The van der Waals surface area contributed by atoms with Gasteiger partial charge < -0.3 is 9.47 Å². The number of hydrogen-bond acceptors (Lipinski definition) is 2. The van der Waals surface area contributed by atoms with Gasteiger partial charge >= 0.3 is 0 Å². The third-order valence-corrected chi connectivity index (χ3v) is 6.95. The average molecular weight is 421 g/mol. The molecule has 2 unspecified atom stereocenters. The van der Waals surface area contributed by atoms with Crippen molar-refractivity contribution in [3.63, 3.8) is 0 Å². The first-order valence-electron chi connectivity index (χ1n) is 12.0. The molecule has 0 spiro atoms. The highest BCUT2D eigenvalue weighted by Crippen LogP contribution is 2.42. The van der Waals surface area contributed by atoms with Gasteiger partial charge in [0.15, 0.2) is 11.6 Å². The van der Waals surface area contributed by atoms with Crippen LogP contribution in [0, 0.1) is 23.5 Å². The van der Waals surface area contributed by atoms with Gasteiger partial charge in [0, 0.05) is 6.61 Å². The Morgan fingerprint density at radius 3 is 2.53 bits per heavy atom. The summed E-state index contributed by atoms with van der Waals surface area (Å²) in [6.07, 6.45) is 15.1. The van der Waals surface area contributed by atoms with Crippen LogP contribution >= 0.6 is 0 Å². The monoisotopic (exact) mass is 420 g/mol. The molecule has 1 heterocycles. The van der Waals surface area contributed by atoms with Gasteiger partial charge in [0.05, 0.1) is 12.7 Å². The lowest BCUT2D eigenvalue weighted by molar-refractivity contribution is -0.0573. The van der Waals surface area contributed by atoms with Crippen molar-refractivity contribution < 1.29 is 18.3 Å². The van der Waals surface area contributed by atoms with Crippen LogP contribution in [0.2, 0.25) is 0 Å². The summed E-state index contributed by atoms with van der Waals surface area (Å²) in [5.41, 5.74) is 0.516. The largest absolute Gasteiger partial charge is 0.490 e. The predicted octanol–water partition coefficient (Wildman–Crippen LogP) is 7.57. The topological polar surface area (TPSA) is 18.5 Å². The second-order valence-corrected chi connectivity index (χ2v) is 9.06. The maximum Gasteiger partial charge on any atom is 0.200 e. The maximum atomic E-state index is 14.7. The smallest absolute Gasteiger partial charge is 0.200 e. The number of benzene rings is 1. The summed E-state index contributed by atoms with van der Waals surface area (Å²) in [7, 11) is 0. The third-order valence-electron chi connectivity index (χ3n) is 6.95. The van der Waals surface area contributed by atoms with Crippen LogP contribution in [-0.4, -0.2) is 19.3 Å². The van der Waals surface area contributed by atoms with Gasteiger partial charge in [-0.3, -0.25) is 0 Å². The normalized spacial score (nSPS) is 27.5. The Bertz CT molecular complexity index is 672. The lowest BCUT2D eigenvalue weighted by Crippen LogP contribution is -2.34. The predicted molar refractivity (Wildman–Crippen MR) is 118 cm³/mol. The summed E-state index contributed by atoms with van der Waals surface area (Å²) < 4.78 is 40.8.